The molecule has 1 aliphatic carbocycles. The number of benzene rings is 2. The summed E-state index contributed by atoms with van der Waals surface area (Å²) >= 11 is 6.14. The highest BCUT2D eigenvalue weighted by atomic mass is 35.5. The molecule has 0 heterocycles. The molecule has 1 unspecified atom stereocenters. The van der Waals surface area contributed by atoms with Crippen molar-refractivity contribution in [1.29, 1.82) is 0 Å². The van der Waals surface area contributed by atoms with E-state index in [-0.39, 0.29) is 11.9 Å². The molecular weight excluding hydrogens is 364 g/mol. The van der Waals surface area contributed by atoms with E-state index in [9.17, 15) is 9.59 Å². The van der Waals surface area contributed by atoms with Crippen molar-refractivity contribution in [1.82, 2.24) is 5.32 Å². The third-order valence-electron chi connectivity index (χ3n) is 4.80. The summed E-state index contributed by atoms with van der Waals surface area (Å²) < 4.78 is 5.87. The van der Waals surface area contributed by atoms with Crippen molar-refractivity contribution < 1.29 is 14.3 Å². The van der Waals surface area contributed by atoms with Gasteiger partial charge >= 0.3 is 0 Å². The molecular formula is C21H23ClN2O3. The summed E-state index contributed by atoms with van der Waals surface area (Å²) in [6.07, 6.45) is 2.62. The summed E-state index contributed by atoms with van der Waals surface area (Å²) in [6, 6.07) is 12.3. The average molecular weight is 387 g/mol. The fourth-order valence-corrected chi connectivity index (χ4v) is 3.47. The molecule has 0 aromatic heterocycles. The van der Waals surface area contributed by atoms with Crippen LogP contribution in [-0.2, 0) is 11.2 Å². The zero-order valence-electron chi connectivity index (χ0n) is 15.4. The van der Waals surface area contributed by atoms with Crippen LogP contribution in [0.15, 0.2) is 42.5 Å². The highest BCUT2D eigenvalue weighted by Gasteiger charge is 2.33. The number of primary amides is 1. The van der Waals surface area contributed by atoms with Crippen LogP contribution in [0.1, 0.15) is 54.2 Å². The Morgan fingerprint density at radius 3 is 2.67 bits per heavy atom. The molecule has 0 saturated carbocycles. The number of ether oxygens (including phenoxy) is 1. The minimum absolute atomic E-state index is 0.128. The van der Waals surface area contributed by atoms with Gasteiger partial charge in [-0.15, -0.1) is 0 Å². The van der Waals surface area contributed by atoms with Crippen molar-refractivity contribution >= 4 is 23.4 Å². The van der Waals surface area contributed by atoms with Crippen molar-refractivity contribution in [3.63, 3.8) is 0 Å². The number of aryl methyl sites for hydroxylation is 1. The molecule has 142 valence electrons. The zero-order chi connectivity index (χ0) is 19.6. The van der Waals surface area contributed by atoms with E-state index in [1.807, 2.05) is 24.3 Å². The first-order chi connectivity index (χ1) is 12.8. The average Bonchev–Trinajstić information content (AvgIpc) is 2.63. The summed E-state index contributed by atoms with van der Waals surface area (Å²) in [5.41, 5.74) is 6.84. The van der Waals surface area contributed by atoms with E-state index >= 15 is 0 Å². The third-order valence-corrected chi connectivity index (χ3v) is 5.11. The predicted molar refractivity (Wildman–Crippen MR) is 105 cm³/mol. The molecule has 6 heteroatoms. The maximum absolute atomic E-state index is 12.9. The number of hydrogen-bond acceptors (Lipinski definition) is 3. The molecule has 5 nitrogen and oxygen atoms in total. The molecule has 2 aromatic rings. The Hall–Kier alpha value is -2.53. The smallest absolute Gasteiger partial charge is 0.264 e. The first-order valence-corrected chi connectivity index (χ1v) is 9.33. The lowest BCUT2D eigenvalue weighted by atomic mass is 9.86. The number of rotatable bonds is 5. The van der Waals surface area contributed by atoms with Gasteiger partial charge in [-0.05, 0) is 68.5 Å². The molecule has 3 rings (SSSR count). The Bertz CT molecular complexity index is 879. The molecule has 27 heavy (non-hydrogen) atoms. The van der Waals surface area contributed by atoms with Crippen LogP contribution in [-0.4, -0.2) is 17.4 Å². The van der Waals surface area contributed by atoms with E-state index in [0.717, 1.165) is 30.4 Å². The number of carbonyl (C=O) groups is 2. The Labute approximate surface area is 163 Å². The molecule has 1 aliphatic rings. The van der Waals surface area contributed by atoms with Crippen LogP contribution in [0.2, 0.25) is 5.02 Å². The molecule has 0 fully saturated rings. The normalized spacial score (nSPS) is 16.3. The molecule has 0 bridgehead atoms. The number of amides is 2. The number of halogens is 1. The van der Waals surface area contributed by atoms with Gasteiger partial charge in [-0.25, -0.2) is 0 Å². The lowest BCUT2D eigenvalue weighted by Gasteiger charge is -2.31. The van der Waals surface area contributed by atoms with Crippen LogP contribution in [0, 0.1) is 0 Å². The van der Waals surface area contributed by atoms with Crippen LogP contribution in [0.3, 0.4) is 0 Å². The Kier molecular flexibility index (Phi) is 5.42. The van der Waals surface area contributed by atoms with Crippen LogP contribution in [0.25, 0.3) is 0 Å². The second-order valence-electron chi connectivity index (χ2n) is 7.24. The van der Waals surface area contributed by atoms with Gasteiger partial charge in [0.1, 0.15) is 5.75 Å². The van der Waals surface area contributed by atoms with Gasteiger partial charge in [-0.3, -0.25) is 9.59 Å². The van der Waals surface area contributed by atoms with Gasteiger partial charge in [0.2, 0.25) is 5.91 Å². The van der Waals surface area contributed by atoms with Crippen molar-refractivity contribution in [2.45, 2.75) is 44.8 Å². The van der Waals surface area contributed by atoms with Gasteiger partial charge in [0.05, 0.1) is 11.1 Å². The second kappa shape index (κ2) is 7.61. The summed E-state index contributed by atoms with van der Waals surface area (Å²) in [4.78, 5) is 24.3. The lowest BCUT2D eigenvalue weighted by Crippen LogP contribution is -2.48. The number of fused-ring (bicyclic) bond motifs is 1. The number of hydrogen-bond donors (Lipinski definition) is 2. The maximum Gasteiger partial charge on any atom is 0.264 e. The topological polar surface area (TPSA) is 81.4 Å². The number of nitrogens with two attached hydrogens (primary N) is 1. The summed E-state index contributed by atoms with van der Waals surface area (Å²) in [6.45, 7) is 3.43. The standard InChI is InChI=1S/C21H23ClN2O3/c1-21(2,27-18-9-4-3-7-16(18)22)20(26)24-17-8-5-6-13-12-14(19(23)25)10-11-15(13)17/h3-4,7,9-12,17H,5-6,8H2,1-2H3,(H2,23,25)(H,24,26). The molecule has 1 atom stereocenters. The summed E-state index contributed by atoms with van der Waals surface area (Å²) in [7, 11) is 0. The van der Waals surface area contributed by atoms with E-state index < -0.39 is 11.5 Å². The number of nitrogens with one attached hydrogen (secondary N) is 1. The fraction of sp³-hybridized carbons (Fsp3) is 0.333. The highest BCUT2D eigenvalue weighted by molar-refractivity contribution is 6.32. The number of carbonyl (C=O) groups excluding carboxylic acids is 2. The van der Waals surface area contributed by atoms with Gasteiger partial charge in [0.15, 0.2) is 5.60 Å². The molecule has 0 radical (unpaired) electrons. The van der Waals surface area contributed by atoms with E-state index in [1.165, 1.54) is 0 Å². The van der Waals surface area contributed by atoms with E-state index in [4.69, 9.17) is 22.1 Å². The largest absolute Gasteiger partial charge is 0.476 e. The quantitative estimate of drug-likeness (QED) is 0.820. The third kappa shape index (κ3) is 4.25. The van der Waals surface area contributed by atoms with E-state index in [1.54, 1.807) is 32.0 Å². The van der Waals surface area contributed by atoms with Gasteiger partial charge < -0.3 is 15.8 Å². The van der Waals surface area contributed by atoms with Crippen molar-refractivity contribution in [3.05, 3.63) is 64.2 Å². The van der Waals surface area contributed by atoms with Crippen molar-refractivity contribution in [2.75, 3.05) is 0 Å². The number of para-hydroxylation sites is 1. The second-order valence-corrected chi connectivity index (χ2v) is 7.65. The van der Waals surface area contributed by atoms with Gasteiger partial charge in [-0.1, -0.05) is 29.8 Å². The first kappa shape index (κ1) is 19.2. The predicted octanol–water partition coefficient (Wildman–Crippen LogP) is 3.79. The SMILES string of the molecule is CC(C)(Oc1ccccc1Cl)C(=O)NC1CCCc2cc(C(N)=O)ccc21. The molecule has 0 spiro atoms. The summed E-state index contributed by atoms with van der Waals surface area (Å²) in [5, 5.41) is 3.54. The van der Waals surface area contributed by atoms with E-state index in [0.29, 0.717) is 16.3 Å². The van der Waals surface area contributed by atoms with Gasteiger partial charge in [0, 0.05) is 5.56 Å². The van der Waals surface area contributed by atoms with Crippen LogP contribution in [0.4, 0.5) is 0 Å². The molecule has 3 N–H and O–H groups in total. The first-order valence-electron chi connectivity index (χ1n) is 8.95. The van der Waals surface area contributed by atoms with Gasteiger partial charge in [-0.2, -0.15) is 0 Å². The van der Waals surface area contributed by atoms with Crippen molar-refractivity contribution in [3.8, 4) is 5.75 Å². The minimum Gasteiger partial charge on any atom is -0.476 e. The summed E-state index contributed by atoms with van der Waals surface area (Å²) in [5.74, 6) is -0.202. The maximum atomic E-state index is 12.9. The molecule has 2 aromatic carbocycles. The van der Waals surface area contributed by atoms with Crippen LogP contribution < -0.4 is 15.8 Å². The zero-order valence-corrected chi connectivity index (χ0v) is 16.2. The Balaban J connectivity index is 1.76. The van der Waals surface area contributed by atoms with Crippen molar-refractivity contribution in [2.24, 2.45) is 5.73 Å². The monoisotopic (exact) mass is 386 g/mol. The van der Waals surface area contributed by atoms with Crippen LogP contribution >= 0.6 is 11.6 Å². The minimum atomic E-state index is -1.09. The molecule has 2 amide bonds. The van der Waals surface area contributed by atoms with E-state index in [2.05, 4.69) is 5.32 Å². The Morgan fingerprint density at radius 2 is 1.96 bits per heavy atom. The van der Waals surface area contributed by atoms with Crippen LogP contribution in [0.5, 0.6) is 5.75 Å². The Morgan fingerprint density at radius 1 is 1.22 bits per heavy atom. The highest BCUT2D eigenvalue weighted by Crippen LogP contribution is 2.32. The fourth-order valence-electron chi connectivity index (χ4n) is 3.30. The molecule has 0 saturated heterocycles. The van der Waals surface area contributed by atoms with Gasteiger partial charge in [0.25, 0.3) is 5.91 Å². The molecule has 0 aliphatic heterocycles. The lowest BCUT2D eigenvalue weighted by molar-refractivity contribution is -0.135.